The van der Waals surface area contributed by atoms with E-state index in [4.69, 9.17) is 0 Å². The molecule has 3 aromatic rings. The van der Waals surface area contributed by atoms with Crippen LogP contribution in [-0.4, -0.2) is 25.7 Å². The molecule has 1 saturated carbocycles. The van der Waals surface area contributed by atoms with Crippen LogP contribution in [0.15, 0.2) is 55.1 Å². The molecule has 1 amide bonds. The lowest BCUT2D eigenvalue weighted by Crippen LogP contribution is -2.24. The Morgan fingerprint density at radius 3 is 2.56 bits per heavy atom. The zero-order valence-corrected chi connectivity index (χ0v) is 15.0. The molecule has 0 atom stereocenters. The van der Waals surface area contributed by atoms with E-state index < -0.39 is 0 Å². The van der Waals surface area contributed by atoms with E-state index in [-0.39, 0.29) is 11.8 Å². The van der Waals surface area contributed by atoms with Gasteiger partial charge in [0.15, 0.2) is 5.82 Å². The minimum atomic E-state index is 0.134. The highest BCUT2D eigenvalue weighted by Gasteiger charge is 2.20. The van der Waals surface area contributed by atoms with E-state index in [9.17, 15) is 4.79 Å². The lowest BCUT2D eigenvalue weighted by Gasteiger charge is -2.20. The minimum absolute atomic E-state index is 0.134. The van der Waals surface area contributed by atoms with Crippen LogP contribution in [0.2, 0.25) is 0 Å². The first-order valence-electron chi connectivity index (χ1n) is 9.28. The van der Waals surface area contributed by atoms with Crippen molar-refractivity contribution in [2.45, 2.75) is 32.1 Å². The fourth-order valence-electron chi connectivity index (χ4n) is 3.34. The lowest BCUT2D eigenvalue weighted by atomic mass is 9.88. The molecule has 0 radical (unpaired) electrons. The standard InChI is InChI=1S/C20H22N6O/c27-20(15-5-2-1-3-6-15)25-17-9-7-16(8-10-17)24-18-13-19(22-14-21-18)26-12-4-11-23-26/h4,7-15H,1-3,5-6H2,(H,25,27)(H,21,22,24). The van der Waals surface area contributed by atoms with E-state index in [0.29, 0.717) is 11.6 Å². The van der Waals surface area contributed by atoms with Crippen molar-refractivity contribution in [1.82, 2.24) is 19.7 Å². The summed E-state index contributed by atoms with van der Waals surface area (Å²) in [4.78, 5) is 20.8. The molecule has 2 aromatic heterocycles. The molecule has 1 aliphatic rings. The van der Waals surface area contributed by atoms with Crippen LogP contribution < -0.4 is 10.6 Å². The van der Waals surface area contributed by atoms with Crippen molar-refractivity contribution in [1.29, 1.82) is 0 Å². The number of benzene rings is 1. The largest absolute Gasteiger partial charge is 0.340 e. The van der Waals surface area contributed by atoms with Gasteiger partial charge in [-0.1, -0.05) is 19.3 Å². The number of anilines is 3. The van der Waals surface area contributed by atoms with Crippen LogP contribution in [0.1, 0.15) is 32.1 Å². The summed E-state index contributed by atoms with van der Waals surface area (Å²) in [6, 6.07) is 11.3. The van der Waals surface area contributed by atoms with Crippen LogP contribution in [0.5, 0.6) is 0 Å². The summed E-state index contributed by atoms with van der Waals surface area (Å²) in [5.41, 5.74) is 1.70. The van der Waals surface area contributed by atoms with Crippen molar-refractivity contribution in [3.8, 4) is 5.82 Å². The molecule has 1 fully saturated rings. The normalized spacial score (nSPS) is 14.7. The maximum Gasteiger partial charge on any atom is 0.227 e. The maximum atomic E-state index is 12.3. The summed E-state index contributed by atoms with van der Waals surface area (Å²) in [7, 11) is 0. The quantitative estimate of drug-likeness (QED) is 0.718. The molecule has 2 heterocycles. The Balaban J connectivity index is 1.39. The highest BCUT2D eigenvalue weighted by molar-refractivity contribution is 5.92. The molecular weight excluding hydrogens is 340 g/mol. The SMILES string of the molecule is O=C(Nc1ccc(Nc2cc(-n3cccn3)ncn2)cc1)C1CCCCC1. The molecular formula is C20H22N6O. The third-order valence-corrected chi connectivity index (χ3v) is 4.79. The zero-order valence-electron chi connectivity index (χ0n) is 15.0. The van der Waals surface area contributed by atoms with E-state index >= 15 is 0 Å². The first-order valence-corrected chi connectivity index (χ1v) is 9.28. The third-order valence-electron chi connectivity index (χ3n) is 4.79. The van der Waals surface area contributed by atoms with Crippen LogP contribution in [0, 0.1) is 5.92 Å². The Labute approximate surface area is 157 Å². The monoisotopic (exact) mass is 362 g/mol. The summed E-state index contributed by atoms with van der Waals surface area (Å²) in [6.45, 7) is 0. The fraction of sp³-hybridized carbons (Fsp3) is 0.300. The molecule has 0 spiro atoms. The molecule has 4 rings (SSSR count). The third kappa shape index (κ3) is 4.31. The van der Waals surface area contributed by atoms with Crippen molar-refractivity contribution in [2.75, 3.05) is 10.6 Å². The predicted octanol–water partition coefficient (Wildman–Crippen LogP) is 3.92. The van der Waals surface area contributed by atoms with Gasteiger partial charge < -0.3 is 10.6 Å². The molecule has 0 aliphatic heterocycles. The number of hydrogen-bond acceptors (Lipinski definition) is 5. The average Bonchev–Trinajstić information content (AvgIpc) is 3.25. The number of carbonyl (C=O) groups is 1. The smallest absolute Gasteiger partial charge is 0.227 e. The van der Waals surface area contributed by atoms with Crippen LogP contribution in [0.4, 0.5) is 17.2 Å². The van der Waals surface area contributed by atoms with Crippen LogP contribution in [-0.2, 0) is 4.79 Å². The van der Waals surface area contributed by atoms with Gasteiger partial charge in [0.25, 0.3) is 0 Å². The number of nitrogens with zero attached hydrogens (tertiary/aromatic N) is 4. The minimum Gasteiger partial charge on any atom is -0.340 e. The van der Waals surface area contributed by atoms with E-state index in [1.54, 1.807) is 10.9 Å². The Morgan fingerprint density at radius 1 is 1.04 bits per heavy atom. The van der Waals surface area contributed by atoms with Gasteiger partial charge in [-0.05, 0) is 43.2 Å². The zero-order chi connectivity index (χ0) is 18.5. The lowest BCUT2D eigenvalue weighted by molar-refractivity contribution is -0.120. The Kier molecular flexibility index (Phi) is 5.09. The first-order chi connectivity index (χ1) is 13.3. The summed E-state index contributed by atoms with van der Waals surface area (Å²) in [5.74, 6) is 1.65. The molecule has 7 nitrogen and oxygen atoms in total. The number of aromatic nitrogens is 4. The molecule has 27 heavy (non-hydrogen) atoms. The van der Waals surface area contributed by atoms with Gasteiger partial charge in [-0.3, -0.25) is 4.79 Å². The van der Waals surface area contributed by atoms with Gasteiger partial charge in [-0.25, -0.2) is 14.6 Å². The van der Waals surface area contributed by atoms with Gasteiger partial charge in [0.05, 0.1) is 0 Å². The van der Waals surface area contributed by atoms with Crippen LogP contribution in [0.25, 0.3) is 5.82 Å². The molecule has 1 aliphatic carbocycles. The second kappa shape index (κ2) is 7.99. The average molecular weight is 362 g/mol. The highest BCUT2D eigenvalue weighted by atomic mass is 16.1. The molecule has 0 bridgehead atoms. The van der Waals surface area contributed by atoms with Crippen molar-refractivity contribution >= 4 is 23.1 Å². The number of hydrogen-bond donors (Lipinski definition) is 2. The first kappa shape index (κ1) is 17.2. The van der Waals surface area contributed by atoms with Crippen molar-refractivity contribution in [2.24, 2.45) is 5.92 Å². The van der Waals surface area contributed by atoms with Crippen LogP contribution >= 0.6 is 0 Å². The molecule has 138 valence electrons. The van der Waals surface area contributed by atoms with Crippen molar-refractivity contribution in [3.05, 3.63) is 55.1 Å². The Morgan fingerprint density at radius 2 is 1.81 bits per heavy atom. The van der Waals surface area contributed by atoms with E-state index in [2.05, 4.69) is 25.7 Å². The number of nitrogens with one attached hydrogen (secondary N) is 2. The summed E-state index contributed by atoms with van der Waals surface area (Å²) >= 11 is 0. The second-order valence-electron chi connectivity index (χ2n) is 6.74. The summed E-state index contributed by atoms with van der Waals surface area (Å²) in [5, 5.41) is 10.4. The highest BCUT2D eigenvalue weighted by Crippen LogP contribution is 2.25. The predicted molar refractivity (Wildman–Crippen MR) is 104 cm³/mol. The van der Waals surface area contributed by atoms with Gasteiger partial charge in [0, 0.05) is 35.8 Å². The van der Waals surface area contributed by atoms with E-state index in [1.807, 2.05) is 42.6 Å². The number of carbonyl (C=O) groups excluding carboxylic acids is 1. The second-order valence-corrected chi connectivity index (χ2v) is 6.74. The Hall–Kier alpha value is -3.22. The molecule has 1 aromatic carbocycles. The summed E-state index contributed by atoms with van der Waals surface area (Å²) in [6.07, 6.45) is 10.6. The van der Waals surface area contributed by atoms with Crippen molar-refractivity contribution in [3.63, 3.8) is 0 Å². The van der Waals surface area contributed by atoms with Gasteiger partial charge in [-0.15, -0.1) is 0 Å². The fourth-order valence-corrected chi connectivity index (χ4v) is 3.34. The van der Waals surface area contributed by atoms with E-state index in [1.165, 1.54) is 12.7 Å². The van der Waals surface area contributed by atoms with Gasteiger partial charge in [-0.2, -0.15) is 5.10 Å². The molecule has 7 heteroatoms. The molecule has 2 N–H and O–H groups in total. The topological polar surface area (TPSA) is 84.7 Å². The van der Waals surface area contributed by atoms with Crippen molar-refractivity contribution < 1.29 is 4.79 Å². The molecule has 0 saturated heterocycles. The van der Waals surface area contributed by atoms with E-state index in [0.717, 1.165) is 37.1 Å². The summed E-state index contributed by atoms with van der Waals surface area (Å²) < 4.78 is 1.68. The van der Waals surface area contributed by atoms with Gasteiger partial charge in [0.1, 0.15) is 12.1 Å². The molecule has 0 unspecified atom stereocenters. The number of amides is 1. The van der Waals surface area contributed by atoms with Gasteiger partial charge in [0.2, 0.25) is 5.91 Å². The van der Waals surface area contributed by atoms with Crippen LogP contribution in [0.3, 0.4) is 0 Å². The number of rotatable bonds is 5. The Bertz CT molecular complexity index is 885. The van der Waals surface area contributed by atoms with Gasteiger partial charge >= 0.3 is 0 Å². The maximum absolute atomic E-state index is 12.3.